The first-order chi connectivity index (χ1) is 7.77. The first-order valence-electron chi connectivity index (χ1n) is 4.53. The first-order valence-corrected chi connectivity index (χ1v) is 4.53. The molecule has 7 nitrogen and oxygen atoms in total. The van der Waals surface area contributed by atoms with Crippen molar-refractivity contribution in [1.29, 1.82) is 0 Å². The van der Waals surface area contributed by atoms with Crippen LogP contribution in [0.4, 0.5) is 4.79 Å². The molecule has 0 atom stereocenters. The highest BCUT2D eigenvalue weighted by atomic mass is 16.4. The number of nitrogens with zero attached hydrogens (tertiary/aromatic N) is 4. The second kappa shape index (κ2) is 4.39. The summed E-state index contributed by atoms with van der Waals surface area (Å²) in [5.41, 5.74) is 1.30. The number of amides is 1. The fourth-order valence-electron chi connectivity index (χ4n) is 1.27. The molecule has 0 unspecified atom stereocenters. The number of carboxylic acid groups (broad SMARTS) is 1. The third-order valence-corrected chi connectivity index (χ3v) is 1.94. The molecule has 2 aromatic rings. The Labute approximate surface area is 90.8 Å². The van der Waals surface area contributed by atoms with E-state index in [1.54, 1.807) is 18.3 Å². The highest BCUT2D eigenvalue weighted by Crippen LogP contribution is 2.09. The van der Waals surface area contributed by atoms with E-state index in [4.69, 9.17) is 5.11 Å². The van der Waals surface area contributed by atoms with Gasteiger partial charge in [0.05, 0.1) is 17.9 Å². The van der Waals surface area contributed by atoms with Gasteiger partial charge < -0.3 is 10.4 Å². The van der Waals surface area contributed by atoms with E-state index in [-0.39, 0.29) is 6.54 Å². The van der Waals surface area contributed by atoms with E-state index >= 15 is 0 Å². The van der Waals surface area contributed by atoms with Crippen molar-refractivity contribution in [3.05, 3.63) is 36.7 Å². The van der Waals surface area contributed by atoms with Gasteiger partial charge in [0.15, 0.2) is 0 Å². The van der Waals surface area contributed by atoms with Crippen molar-refractivity contribution in [2.75, 3.05) is 0 Å². The summed E-state index contributed by atoms with van der Waals surface area (Å²) in [5, 5.41) is 14.7. The molecule has 0 spiro atoms. The SMILES string of the molecule is O=C(O)NCc1ncccc1-n1cncn1. The highest BCUT2D eigenvalue weighted by molar-refractivity contribution is 5.64. The van der Waals surface area contributed by atoms with Gasteiger partial charge in [-0.2, -0.15) is 5.10 Å². The molecule has 16 heavy (non-hydrogen) atoms. The summed E-state index contributed by atoms with van der Waals surface area (Å²) in [7, 11) is 0. The van der Waals surface area contributed by atoms with Gasteiger partial charge in [0.2, 0.25) is 0 Å². The van der Waals surface area contributed by atoms with Crippen molar-refractivity contribution >= 4 is 6.09 Å². The molecule has 0 saturated carbocycles. The van der Waals surface area contributed by atoms with E-state index in [2.05, 4.69) is 20.4 Å². The van der Waals surface area contributed by atoms with Crippen molar-refractivity contribution in [3.63, 3.8) is 0 Å². The highest BCUT2D eigenvalue weighted by Gasteiger charge is 2.06. The molecule has 2 heterocycles. The molecule has 1 amide bonds. The lowest BCUT2D eigenvalue weighted by molar-refractivity contribution is 0.194. The lowest BCUT2D eigenvalue weighted by atomic mass is 10.3. The van der Waals surface area contributed by atoms with Crippen LogP contribution in [0.1, 0.15) is 5.69 Å². The van der Waals surface area contributed by atoms with Gasteiger partial charge in [0, 0.05) is 6.20 Å². The summed E-state index contributed by atoms with van der Waals surface area (Å²) in [6.07, 6.45) is 3.44. The largest absolute Gasteiger partial charge is 0.465 e. The van der Waals surface area contributed by atoms with E-state index in [1.807, 2.05) is 0 Å². The van der Waals surface area contributed by atoms with Gasteiger partial charge in [0.1, 0.15) is 12.7 Å². The third-order valence-electron chi connectivity index (χ3n) is 1.94. The standard InChI is InChI=1S/C9H9N5O2/c15-9(16)12-4-7-8(2-1-3-11-7)14-6-10-5-13-14/h1-3,5-6,12H,4H2,(H,15,16). The third kappa shape index (κ3) is 2.14. The molecule has 0 saturated heterocycles. The van der Waals surface area contributed by atoms with Crippen LogP contribution in [0, 0.1) is 0 Å². The number of hydrogen-bond acceptors (Lipinski definition) is 4. The molecule has 2 N–H and O–H groups in total. The van der Waals surface area contributed by atoms with Crippen LogP contribution in [-0.4, -0.2) is 30.9 Å². The Morgan fingerprint density at radius 1 is 1.56 bits per heavy atom. The van der Waals surface area contributed by atoms with Crippen LogP contribution < -0.4 is 5.32 Å². The minimum absolute atomic E-state index is 0.130. The van der Waals surface area contributed by atoms with Crippen LogP contribution in [0.3, 0.4) is 0 Å². The number of rotatable bonds is 3. The number of aromatic nitrogens is 4. The van der Waals surface area contributed by atoms with E-state index in [0.717, 1.165) is 0 Å². The predicted molar refractivity (Wildman–Crippen MR) is 54.0 cm³/mol. The lowest BCUT2D eigenvalue weighted by Crippen LogP contribution is -2.21. The zero-order valence-electron chi connectivity index (χ0n) is 8.24. The van der Waals surface area contributed by atoms with Crippen molar-refractivity contribution in [2.24, 2.45) is 0 Å². The van der Waals surface area contributed by atoms with Gasteiger partial charge in [-0.25, -0.2) is 14.5 Å². The Morgan fingerprint density at radius 3 is 3.12 bits per heavy atom. The lowest BCUT2D eigenvalue weighted by Gasteiger charge is -2.07. The second-order valence-electron chi connectivity index (χ2n) is 2.97. The maximum Gasteiger partial charge on any atom is 0.404 e. The van der Waals surface area contributed by atoms with E-state index < -0.39 is 6.09 Å². The van der Waals surface area contributed by atoms with E-state index in [9.17, 15) is 4.79 Å². The summed E-state index contributed by atoms with van der Waals surface area (Å²) >= 11 is 0. The Hall–Kier alpha value is -2.44. The number of pyridine rings is 1. The maximum atomic E-state index is 10.4. The van der Waals surface area contributed by atoms with Crippen LogP contribution in [0.5, 0.6) is 0 Å². The molecule has 0 radical (unpaired) electrons. The zero-order valence-corrected chi connectivity index (χ0v) is 8.24. The molecule has 0 aliphatic heterocycles. The summed E-state index contributed by atoms with van der Waals surface area (Å²) in [6, 6.07) is 3.54. The van der Waals surface area contributed by atoms with Crippen LogP contribution in [0.25, 0.3) is 5.69 Å². The zero-order chi connectivity index (χ0) is 11.4. The van der Waals surface area contributed by atoms with Gasteiger partial charge in [-0.05, 0) is 12.1 Å². The quantitative estimate of drug-likeness (QED) is 0.780. The van der Waals surface area contributed by atoms with Gasteiger partial charge >= 0.3 is 6.09 Å². The fraction of sp³-hybridized carbons (Fsp3) is 0.111. The maximum absolute atomic E-state index is 10.4. The van der Waals surface area contributed by atoms with Crippen molar-refractivity contribution in [3.8, 4) is 5.69 Å². The summed E-state index contributed by atoms with van der Waals surface area (Å²) in [6.45, 7) is 0.130. The van der Waals surface area contributed by atoms with Crippen molar-refractivity contribution in [1.82, 2.24) is 25.1 Å². The predicted octanol–water partition coefficient (Wildman–Crippen LogP) is 0.430. The minimum atomic E-state index is -1.09. The molecular formula is C9H9N5O2. The average molecular weight is 219 g/mol. The monoisotopic (exact) mass is 219 g/mol. The van der Waals surface area contributed by atoms with Crippen molar-refractivity contribution < 1.29 is 9.90 Å². The van der Waals surface area contributed by atoms with Gasteiger partial charge in [0.25, 0.3) is 0 Å². The smallest absolute Gasteiger partial charge is 0.404 e. The second-order valence-corrected chi connectivity index (χ2v) is 2.97. The Kier molecular flexibility index (Phi) is 2.77. The molecule has 0 aliphatic carbocycles. The van der Waals surface area contributed by atoms with Gasteiger partial charge in [-0.15, -0.1) is 0 Å². The fourth-order valence-corrected chi connectivity index (χ4v) is 1.27. The van der Waals surface area contributed by atoms with Crippen LogP contribution in [-0.2, 0) is 6.54 Å². The molecule has 82 valence electrons. The first kappa shape index (κ1) is 10.1. The van der Waals surface area contributed by atoms with Crippen LogP contribution in [0.15, 0.2) is 31.0 Å². The molecule has 0 bridgehead atoms. The number of hydrogen-bond donors (Lipinski definition) is 2. The number of nitrogens with one attached hydrogen (secondary N) is 1. The van der Waals surface area contributed by atoms with Crippen molar-refractivity contribution in [2.45, 2.75) is 6.54 Å². The van der Waals surface area contributed by atoms with Crippen LogP contribution >= 0.6 is 0 Å². The topological polar surface area (TPSA) is 92.9 Å². The Balaban J connectivity index is 2.27. The molecule has 7 heteroatoms. The molecule has 0 fully saturated rings. The molecule has 2 rings (SSSR count). The Morgan fingerprint density at radius 2 is 2.44 bits per heavy atom. The summed E-state index contributed by atoms with van der Waals surface area (Å²) in [4.78, 5) is 18.3. The average Bonchev–Trinajstić information content (AvgIpc) is 2.80. The van der Waals surface area contributed by atoms with Gasteiger partial charge in [-0.3, -0.25) is 4.98 Å². The molecule has 0 aromatic carbocycles. The number of carbonyl (C=O) groups is 1. The minimum Gasteiger partial charge on any atom is -0.465 e. The summed E-state index contributed by atoms with van der Waals surface area (Å²) in [5.74, 6) is 0. The Bertz CT molecular complexity index is 482. The summed E-state index contributed by atoms with van der Waals surface area (Å²) < 4.78 is 1.53. The normalized spacial score (nSPS) is 10.0. The van der Waals surface area contributed by atoms with E-state index in [0.29, 0.717) is 11.4 Å². The molecule has 2 aromatic heterocycles. The van der Waals surface area contributed by atoms with Gasteiger partial charge in [-0.1, -0.05) is 0 Å². The molecular weight excluding hydrogens is 210 g/mol. The van der Waals surface area contributed by atoms with E-state index in [1.165, 1.54) is 17.3 Å². The molecule has 0 aliphatic rings. The van der Waals surface area contributed by atoms with Crippen LogP contribution in [0.2, 0.25) is 0 Å².